The quantitative estimate of drug-likeness (QED) is 0.186. The molecule has 0 bridgehead atoms. The highest BCUT2D eigenvalue weighted by molar-refractivity contribution is 6.00. The third-order valence-electron chi connectivity index (χ3n) is 6.86. The molecule has 0 amide bonds. The monoisotopic (exact) mass is 666 g/mol. The van der Waals surface area contributed by atoms with E-state index in [0.717, 1.165) is 29.5 Å². The second-order valence-electron chi connectivity index (χ2n) is 17.0. The first-order valence-corrected chi connectivity index (χ1v) is 17.1. The van der Waals surface area contributed by atoms with Crippen molar-refractivity contribution in [1.82, 2.24) is 30.1 Å². The maximum atomic E-state index is 4.31. The van der Waals surface area contributed by atoms with Crippen molar-refractivity contribution in [3.05, 3.63) is 121 Å². The zero-order valence-corrected chi connectivity index (χ0v) is 33.1. The molecule has 0 aromatic carbocycles. The standard InChI is InChI=1S/2C9H13N.2C8H12N2.C8H13N/c2*1-9(2,3)8-6-4-5-7-10-8;1-8(2,3)7-9-5-4-6-10-7;1-8(2,3)7-5-4-6-9-10-7;1-8(2,3)7-5-4-6-9-7/h2*4-7H,1-3H3;2*4-6H,1-3H3;4-5H,6H2,1-3H3. The van der Waals surface area contributed by atoms with Crippen LogP contribution in [-0.4, -0.2) is 42.4 Å². The maximum absolute atomic E-state index is 4.31. The van der Waals surface area contributed by atoms with Gasteiger partial charge in [-0.15, -0.1) is 0 Å². The van der Waals surface area contributed by atoms with E-state index in [4.69, 9.17) is 0 Å². The second-order valence-corrected chi connectivity index (χ2v) is 17.0. The van der Waals surface area contributed by atoms with Crippen molar-refractivity contribution in [2.45, 2.75) is 126 Å². The van der Waals surface area contributed by atoms with Gasteiger partial charge < -0.3 is 0 Å². The zero-order chi connectivity index (χ0) is 37.4. The predicted octanol–water partition coefficient (Wildman–Crippen LogP) is 10.3. The Morgan fingerprint density at radius 2 is 0.878 bits per heavy atom. The molecule has 0 N–H and O–H groups in total. The average Bonchev–Trinajstić information content (AvgIpc) is 3.59. The lowest BCUT2D eigenvalue weighted by atomic mass is 9.90. The summed E-state index contributed by atoms with van der Waals surface area (Å²) in [6.07, 6.45) is 13.1. The average molecular weight is 666 g/mol. The van der Waals surface area contributed by atoms with E-state index >= 15 is 0 Å². The van der Waals surface area contributed by atoms with E-state index in [9.17, 15) is 0 Å². The number of aromatic nitrogens is 6. The minimum absolute atomic E-state index is 0.0707. The van der Waals surface area contributed by atoms with Crippen molar-refractivity contribution >= 4 is 5.71 Å². The van der Waals surface area contributed by atoms with Gasteiger partial charge in [-0.05, 0) is 48.5 Å². The van der Waals surface area contributed by atoms with Gasteiger partial charge in [0.15, 0.2) is 0 Å². The molecule has 4 aromatic heterocycles. The summed E-state index contributed by atoms with van der Waals surface area (Å²) in [4.78, 5) is 21.1. The zero-order valence-electron chi connectivity index (χ0n) is 33.1. The largest absolute Gasteiger partial charge is 0.285 e. The van der Waals surface area contributed by atoms with Crippen molar-refractivity contribution in [2.75, 3.05) is 6.54 Å². The maximum Gasteiger partial charge on any atom is 0.133 e. The number of hydrogen-bond acceptors (Lipinski definition) is 7. The Balaban J connectivity index is 0.000000306. The van der Waals surface area contributed by atoms with Crippen LogP contribution in [0.15, 0.2) is 103 Å². The molecule has 49 heavy (non-hydrogen) atoms. The Hall–Kier alpha value is -4.13. The molecule has 0 fully saturated rings. The second kappa shape index (κ2) is 19.2. The summed E-state index contributed by atoms with van der Waals surface area (Å²) >= 11 is 0. The molecule has 266 valence electrons. The smallest absolute Gasteiger partial charge is 0.133 e. The van der Waals surface area contributed by atoms with Gasteiger partial charge in [-0.25, -0.2) is 9.97 Å². The summed E-state index contributed by atoms with van der Waals surface area (Å²) in [6.45, 7) is 33.1. The molecular weight excluding hydrogens is 603 g/mol. The van der Waals surface area contributed by atoms with Crippen LogP contribution in [0.2, 0.25) is 0 Å². The summed E-state index contributed by atoms with van der Waals surface area (Å²) in [7, 11) is 0. The van der Waals surface area contributed by atoms with Crippen LogP contribution in [0.25, 0.3) is 0 Å². The lowest BCUT2D eigenvalue weighted by Crippen LogP contribution is -2.16. The Labute approximate surface area is 298 Å². The molecule has 7 heteroatoms. The van der Waals surface area contributed by atoms with Crippen molar-refractivity contribution in [2.24, 2.45) is 10.4 Å². The molecule has 0 spiro atoms. The summed E-state index contributed by atoms with van der Waals surface area (Å²) in [5, 5.41) is 7.80. The first-order valence-electron chi connectivity index (χ1n) is 17.1. The van der Waals surface area contributed by atoms with Crippen LogP contribution >= 0.6 is 0 Å². The molecule has 0 saturated heterocycles. The molecule has 1 aliphatic heterocycles. The molecule has 0 aliphatic carbocycles. The van der Waals surface area contributed by atoms with E-state index in [1.54, 1.807) is 18.6 Å². The lowest BCUT2D eigenvalue weighted by Gasteiger charge is -2.16. The summed E-state index contributed by atoms with van der Waals surface area (Å²) in [5.41, 5.74) is 5.35. The molecule has 4 aromatic rings. The molecular formula is C42H63N7. The first kappa shape index (κ1) is 42.9. The molecule has 0 unspecified atom stereocenters. The summed E-state index contributed by atoms with van der Waals surface area (Å²) in [5.74, 6) is 0.898. The van der Waals surface area contributed by atoms with Crippen LogP contribution in [0.5, 0.6) is 0 Å². The van der Waals surface area contributed by atoms with Crippen molar-refractivity contribution in [3.8, 4) is 0 Å². The van der Waals surface area contributed by atoms with Crippen LogP contribution in [0, 0.1) is 5.41 Å². The number of pyridine rings is 2. The fourth-order valence-corrected chi connectivity index (χ4v) is 3.86. The van der Waals surface area contributed by atoms with Gasteiger partial charge >= 0.3 is 0 Å². The van der Waals surface area contributed by atoms with E-state index in [-0.39, 0.29) is 27.1 Å². The van der Waals surface area contributed by atoms with E-state index in [1.807, 2.05) is 54.9 Å². The molecule has 0 saturated carbocycles. The van der Waals surface area contributed by atoms with Crippen molar-refractivity contribution in [1.29, 1.82) is 0 Å². The van der Waals surface area contributed by atoms with Gasteiger partial charge in [0.1, 0.15) is 5.82 Å². The molecule has 0 radical (unpaired) electrons. The Bertz CT molecular complexity index is 1300. The topological polar surface area (TPSA) is 89.7 Å². The van der Waals surface area contributed by atoms with E-state index < -0.39 is 0 Å². The highest BCUT2D eigenvalue weighted by atomic mass is 15.1. The molecule has 7 nitrogen and oxygen atoms in total. The van der Waals surface area contributed by atoms with Crippen LogP contribution in [0.3, 0.4) is 0 Å². The van der Waals surface area contributed by atoms with Gasteiger partial charge in [0.2, 0.25) is 0 Å². The van der Waals surface area contributed by atoms with Gasteiger partial charge in [-0.3, -0.25) is 15.0 Å². The van der Waals surface area contributed by atoms with Crippen LogP contribution < -0.4 is 0 Å². The Morgan fingerprint density at radius 1 is 0.429 bits per heavy atom. The fourth-order valence-electron chi connectivity index (χ4n) is 3.86. The number of allylic oxidation sites excluding steroid dienone is 1. The summed E-state index contributed by atoms with van der Waals surface area (Å²) in [6, 6.07) is 17.8. The number of aliphatic imine (C=N–C) groups is 1. The van der Waals surface area contributed by atoms with E-state index in [1.165, 1.54) is 5.71 Å². The lowest BCUT2D eigenvalue weighted by molar-refractivity contribution is 0.545. The minimum Gasteiger partial charge on any atom is -0.285 e. The SMILES string of the molecule is CC(C)(C)C1=NCC=C1.CC(C)(C)c1ccccn1.CC(C)(C)c1ccccn1.CC(C)(C)c1cccnn1.CC(C)(C)c1ncccn1. The fraction of sp³-hybridized carbons (Fsp3) is 0.500. The first-order chi connectivity index (χ1) is 22.5. The normalized spacial score (nSPS) is 12.8. The highest BCUT2D eigenvalue weighted by Gasteiger charge is 2.18. The van der Waals surface area contributed by atoms with Gasteiger partial charge in [-0.1, -0.05) is 122 Å². The van der Waals surface area contributed by atoms with Crippen LogP contribution in [0.1, 0.15) is 127 Å². The van der Waals surface area contributed by atoms with Crippen LogP contribution in [0.4, 0.5) is 0 Å². The third-order valence-corrected chi connectivity index (χ3v) is 6.86. The van der Waals surface area contributed by atoms with Gasteiger partial charge in [-0.2, -0.15) is 10.2 Å². The Morgan fingerprint density at radius 3 is 1.10 bits per heavy atom. The Kier molecular flexibility index (Phi) is 16.8. The van der Waals surface area contributed by atoms with Gasteiger partial charge in [0.05, 0.1) is 12.2 Å². The molecule has 1 aliphatic rings. The predicted molar refractivity (Wildman–Crippen MR) is 208 cm³/mol. The van der Waals surface area contributed by atoms with Crippen molar-refractivity contribution in [3.63, 3.8) is 0 Å². The molecule has 5 heterocycles. The molecule has 5 rings (SSSR count). The van der Waals surface area contributed by atoms with Gasteiger partial charge in [0, 0.05) is 75.2 Å². The highest BCUT2D eigenvalue weighted by Crippen LogP contribution is 2.21. The number of hydrogen-bond donors (Lipinski definition) is 0. The number of nitrogens with zero attached hydrogens (tertiary/aromatic N) is 7. The van der Waals surface area contributed by atoms with Gasteiger partial charge in [0.25, 0.3) is 0 Å². The summed E-state index contributed by atoms with van der Waals surface area (Å²) < 4.78 is 0. The molecule has 0 atom stereocenters. The van der Waals surface area contributed by atoms with E-state index in [0.29, 0.717) is 0 Å². The minimum atomic E-state index is 0.0707. The third kappa shape index (κ3) is 18.3. The van der Waals surface area contributed by atoms with E-state index in [2.05, 4.69) is 163 Å². The van der Waals surface area contributed by atoms with Crippen LogP contribution in [-0.2, 0) is 21.7 Å². The number of rotatable bonds is 0. The van der Waals surface area contributed by atoms with Crippen molar-refractivity contribution < 1.29 is 0 Å².